The molecule has 1 heterocycles. The molecule has 6 rings (SSSR count). The Labute approximate surface area is 215 Å². The number of nitrogen functional groups attached to an aromatic ring is 1. The van der Waals surface area contributed by atoms with Gasteiger partial charge in [-0.25, -0.2) is 0 Å². The molecule has 1 aromatic heterocycles. The highest BCUT2D eigenvalue weighted by Crippen LogP contribution is 2.45. The number of rotatable bonds is 5. The average molecular weight is 483 g/mol. The van der Waals surface area contributed by atoms with E-state index in [-0.39, 0.29) is 0 Å². The van der Waals surface area contributed by atoms with Crippen molar-refractivity contribution >= 4 is 60.3 Å². The number of allylic oxidation sites excluding steroid dienone is 1. The van der Waals surface area contributed by atoms with Crippen LogP contribution in [-0.4, -0.2) is 0 Å². The molecule has 0 fully saturated rings. The molecule has 2 nitrogen and oxygen atoms in total. The van der Waals surface area contributed by atoms with Crippen molar-refractivity contribution in [3.63, 3.8) is 0 Å². The monoisotopic (exact) mass is 482 g/mol. The minimum Gasteiger partial charge on any atom is -0.390 e. The lowest BCUT2D eigenvalue weighted by molar-refractivity contribution is 1.30. The molecule has 2 N–H and O–H groups in total. The van der Waals surface area contributed by atoms with Gasteiger partial charge in [-0.15, -0.1) is 11.3 Å². The normalized spacial score (nSPS) is 11.5. The quantitative estimate of drug-likeness (QED) is 0.265. The predicted octanol–water partition coefficient (Wildman–Crippen LogP) is 9.81. The summed E-state index contributed by atoms with van der Waals surface area (Å²) in [6, 6.07) is 41.0. The van der Waals surface area contributed by atoms with Crippen molar-refractivity contribution in [3.05, 3.63) is 127 Å². The molecule has 0 atom stereocenters. The van der Waals surface area contributed by atoms with Gasteiger partial charge in [0.2, 0.25) is 0 Å². The van der Waals surface area contributed by atoms with Gasteiger partial charge in [-0.05, 0) is 65.2 Å². The van der Waals surface area contributed by atoms with Gasteiger partial charge in [0.1, 0.15) is 0 Å². The van der Waals surface area contributed by atoms with Gasteiger partial charge in [-0.2, -0.15) is 0 Å². The van der Waals surface area contributed by atoms with Crippen LogP contribution >= 0.6 is 11.3 Å². The van der Waals surface area contributed by atoms with Crippen molar-refractivity contribution < 1.29 is 0 Å². The number of nitrogens with zero attached hydrogens (tertiary/aromatic N) is 1. The molecule has 174 valence electrons. The van der Waals surface area contributed by atoms with E-state index in [9.17, 15) is 0 Å². The zero-order valence-electron chi connectivity index (χ0n) is 20.1. The van der Waals surface area contributed by atoms with Crippen LogP contribution < -0.4 is 10.6 Å². The summed E-state index contributed by atoms with van der Waals surface area (Å²) in [6.07, 6.45) is 4.18. The third-order valence-corrected chi connectivity index (χ3v) is 7.56. The Morgan fingerprint density at radius 1 is 0.667 bits per heavy atom. The minimum atomic E-state index is 0.841. The van der Waals surface area contributed by atoms with Gasteiger partial charge in [0.25, 0.3) is 0 Å². The molecule has 0 unspecified atom stereocenters. The molecule has 0 radical (unpaired) electrons. The third kappa shape index (κ3) is 3.94. The number of fused-ring (bicyclic) bond motifs is 2. The van der Waals surface area contributed by atoms with Gasteiger partial charge in [-0.1, -0.05) is 91.0 Å². The highest BCUT2D eigenvalue weighted by atomic mass is 32.1. The van der Waals surface area contributed by atoms with Crippen molar-refractivity contribution in [1.29, 1.82) is 0 Å². The molecule has 0 spiro atoms. The first-order chi connectivity index (χ1) is 17.7. The highest BCUT2D eigenvalue weighted by molar-refractivity contribution is 7.23. The first-order valence-electron chi connectivity index (χ1n) is 12.1. The number of nitrogens with two attached hydrogens (primary N) is 1. The Bertz CT molecular complexity index is 1700. The Morgan fingerprint density at radius 3 is 2.14 bits per heavy atom. The zero-order chi connectivity index (χ0) is 24.5. The summed E-state index contributed by atoms with van der Waals surface area (Å²) >= 11 is 1.64. The number of hydrogen-bond donors (Lipinski definition) is 1. The van der Waals surface area contributed by atoms with Crippen LogP contribution in [-0.2, 0) is 0 Å². The molecule has 36 heavy (non-hydrogen) atoms. The number of thiophene rings is 1. The van der Waals surface area contributed by atoms with E-state index in [0.29, 0.717) is 0 Å². The summed E-state index contributed by atoms with van der Waals surface area (Å²) in [7, 11) is 0. The summed E-state index contributed by atoms with van der Waals surface area (Å²) in [4.78, 5) is 2.35. The fourth-order valence-electron chi connectivity index (χ4n) is 4.87. The summed E-state index contributed by atoms with van der Waals surface area (Å²) in [5.74, 6) is 0. The SMILES string of the molecule is C/C=C\c1c(N)sc2cccc(N(c3ccc(-c4ccccc4)cc3)c3ccc4ccccc4c3)c12. The Hall–Kier alpha value is -4.34. The topological polar surface area (TPSA) is 29.3 Å². The molecular formula is C33H26N2S. The summed E-state index contributed by atoms with van der Waals surface area (Å²) < 4.78 is 1.18. The van der Waals surface area contributed by atoms with Crippen molar-refractivity contribution in [2.24, 2.45) is 0 Å². The fraction of sp³-hybridized carbons (Fsp3) is 0.0303. The second-order valence-electron chi connectivity index (χ2n) is 8.81. The van der Waals surface area contributed by atoms with Crippen molar-refractivity contribution in [1.82, 2.24) is 0 Å². The molecule has 5 aromatic carbocycles. The Balaban J connectivity index is 1.58. The van der Waals surface area contributed by atoms with Crippen LogP contribution in [0.15, 0.2) is 121 Å². The van der Waals surface area contributed by atoms with Crippen LogP contribution in [0.5, 0.6) is 0 Å². The van der Waals surface area contributed by atoms with Gasteiger partial charge in [0, 0.05) is 27.0 Å². The largest absolute Gasteiger partial charge is 0.390 e. The van der Waals surface area contributed by atoms with Gasteiger partial charge in [0.05, 0.1) is 10.7 Å². The highest BCUT2D eigenvalue weighted by Gasteiger charge is 2.19. The molecule has 3 heteroatoms. The third-order valence-electron chi connectivity index (χ3n) is 6.56. The maximum Gasteiger partial charge on any atom is 0.0943 e. The smallest absolute Gasteiger partial charge is 0.0943 e. The van der Waals surface area contributed by atoms with Crippen LogP contribution in [0.25, 0.3) is 38.1 Å². The van der Waals surface area contributed by atoms with Crippen LogP contribution in [0.4, 0.5) is 22.1 Å². The van der Waals surface area contributed by atoms with Crippen LogP contribution in [0.2, 0.25) is 0 Å². The maximum absolute atomic E-state index is 6.49. The van der Waals surface area contributed by atoms with Gasteiger partial charge >= 0.3 is 0 Å². The Morgan fingerprint density at radius 2 is 1.36 bits per heavy atom. The fourth-order valence-corrected chi connectivity index (χ4v) is 5.85. The molecule has 6 aromatic rings. The molecule has 0 amide bonds. The molecule has 0 saturated heterocycles. The summed E-state index contributed by atoms with van der Waals surface area (Å²) in [5, 5.41) is 4.46. The van der Waals surface area contributed by atoms with E-state index in [0.717, 1.165) is 27.6 Å². The van der Waals surface area contributed by atoms with Crippen LogP contribution in [0.1, 0.15) is 12.5 Å². The van der Waals surface area contributed by atoms with E-state index in [1.807, 2.05) is 6.92 Å². The summed E-state index contributed by atoms with van der Waals surface area (Å²) in [6.45, 7) is 2.04. The lowest BCUT2D eigenvalue weighted by atomic mass is 10.0. The first-order valence-corrected chi connectivity index (χ1v) is 12.9. The number of anilines is 4. The van der Waals surface area contributed by atoms with Crippen LogP contribution in [0.3, 0.4) is 0 Å². The molecular weight excluding hydrogens is 456 g/mol. The van der Waals surface area contributed by atoms with E-state index in [1.165, 1.54) is 32.0 Å². The molecule has 0 aliphatic heterocycles. The molecule has 0 saturated carbocycles. The average Bonchev–Trinajstić information content (AvgIpc) is 3.25. The lowest BCUT2D eigenvalue weighted by Crippen LogP contribution is -2.10. The second-order valence-corrected chi connectivity index (χ2v) is 9.89. The molecule has 0 aliphatic rings. The van der Waals surface area contributed by atoms with Gasteiger partial charge in [0.15, 0.2) is 0 Å². The maximum atomic E-state index is 6.49. The number of benzene rings is 5. The van der Waals surface area contributed by atoms with Crippen molar-refractivity contribution in [3.8, 4) is 11.1 Å². The first kappa shape index (κ1) is 22.1. The van der Waals surface area contributed by atoms with Crippen LogP contribution in [0, 0.1) is 0 Å². The lowest BCUT2D eigenvalue weighted by Gasteiger charge is -2.27. The molecule has 0 aliphatic carbocycles. The van der Waals surface area contributed by atoms with Crippen molar-refractivity contribution in [2.75, 3.05) is 10.6 Å². The van der Waals surface area contributed by atoms with E-state index in [1.54, 1.807) is 11.3 Å². The second kappa shape index (κ2) is 9.37. The molecule has 0 bridgehead atoms. The summed E-state index contributed by atoms with van der Waals surface area (Å²) in [5.41, 5.74) is 13.3. The predicted molar refractivity (Wildman–Crippen MR) is 159 cm³/mol. The van der Waals surface area contributed by atoms with Crippen molar-refractivity contribution in [2.45, 2.75) is 6.92 Å². The standard InChI is InChI=1S/C33H26N2S/c1-2-9-29-32-30(14-8-15-31(32)36-33(29)34)35(28-21-18-24-12-6-7-13-26(24)22-28)27-19-16-25(17-20-27)23-10-4-3-5-11-23/h2-22H,34H2,1H3/b9-2-. The van der Waals surface area contributed by atoms with E-state index < -0.39 is 0 Å². The zero-order valence-corrected chi connectivity index (χ0v) is 20.9. The Kier molecular flexibility index (Phi) is 5.76. The minimum absolute atomic E-state index is 0.841. The van der Waals surface area contributed by atoms with E-state index in [4.69, 9.17) is 5.73 Å². The van der Waals surface area contributed by atoms with Gasteiger partial charge < -0.3 is 10.6 Å². The van der Waals surface area contributed by atoms with E-state index in [2.05, 4.69) is 132 Å². The van der Waals surface area contributed by atoms with E-state index >= 15 is 0 Å². The van der Waals surface area contributed by atoms with Gasteiger partial charge in [-0.3, -0.25) is 0 Å². The number of hydrogen-bond acceptors (Lipinski definition) is 3.